The Morgan fingerprint density at radius 2 is 1.77 bits per heavy atom. The van der Waals surface area contributed by atoms with Gasteiger partial charge in [0.15, 0.2) is 5.13 Å². The zero-order valence-electron chi connectivity index (χ0n) is 16.9. The number of anilines is 1. The quantitative estimate of drug-likeness (QED) is 0.538. The lowest BCUT2D eigenvalue weighted by Crippen LogP contribution is -2.30. The van der Waals surface area contributed by atoms with Crippen LogP contribution in [0.4, 0.5) is 13.9 Å². The molecule has 0 aliphatic heterocycles. The first-order valence-corrected chi connectivity index (χ1v) is 11.8. The molecule has 1 aromatic heterocycles. The van der Waals surface area contributed by atoms with Gasteiger partial charge in [0, 0.05) is 42.2 Å². The third-order valence-electron chi connectivity index (χ3n) is 4.61. The van der Waals surface area contributed by atoms with E-state index in [0.717, 1.165) is 6.07 Å². The van der Waals surface area contributed by atoms with Crippen molar-refractivity contribution in [2.24, 2.45) is 0 Å². The third kappa shape index (κ3) is 5.33. The van der Waals surface area contributed by atoms with Gasteiger partial charge in [-0.3, -0.25) is 10.1 Å². The molecule has 0 bridgehead atoms. The molecular formula is C21H21F2N3O3S2. The van der Waals surface area contributed by atoms with Crippen LogP contribution in [-0.2, 0) is 16.4 Å². The van der Waals surface area contributed by atoms with Gasteiger partial charge in [-0.05, 0) is 35.9 Å². The summed E-state index contributed by atoms with van der Waals surface area (Å²) in [5.41, 5.74) is 0.604. The molecule has 0 aliphatic rings. The number of rotatable bonds is 8. The van der Waals surface area contributed by atoms with Crippen LogP contribution in [-0.4, -0.2) is 36.7 Å². The SMILES string of the molecule is CCN(CC)S(=O)(=O)c1ccc(C(=O)Nc2ncc(Cc3ccc(F)cc3F)s2)cc1. The van der Waals surface area contributed by atoms with E-state index in [4.69, 9.17) is 0 Å². The van der Waals surface area contributed by atoms with E-state index in [1.165, 1.54) is 58.2 Å². The number of carbonyl (C=O) groups is 1. The number of aromatic nitrogens is 1. The zero-order valence-corrected chi connectivity index (χ0v) is 18.6. The van der Waals surface area contributed by atoms with Crippen molar-refractivity contribution in [1.29, 1.82) is 0 Å². The van der Waals surface area contributed by atoms with Crippen molar-refractivity contribution >= 4 is 32.4 Å². The zero-order chi connectivity index (χ0) is 22.6. The molecule has 10 heteroatoms. The van der Waals surface area contributed by atoms with Crippen LogP contribution >= 0.6 is 11.3 Å². The lowest BCUT2D eigenvalue weighted by atomic mass is 10.1. The molecule has 0 radical (unpaired) electrons. The minimum Gasteiger partial charge on any atom is -0.298 e. The molecule has 0 saturated heterocycles. The molecule has 0 aliphatic carbocycles. The number of halogens is 2. The van der Waals surface area contributed by atoms with Crippen LogP contribution in [0.15, 0.2) is 53.6 Å². The fourth-order valence-corrected chi connectivity index (χ4v) is 5.25. The van der Waals surface area contributed by atoms with Gasteiger partial charge in [0.2, 0.25) is 10.0 Å². The Hall–Kier alpha value is -2.69. The minimum atomic E-state index is -3.60. The maximum atomic E-state index is 13.8. The molecule has 2 aromatic carbocycles. The molecule has 1 N–H and O–H groups in total. The molecule has 0 unspecified atom stereocenters. The summed E-state index contributed by atoms with van der Waals surface area (Å²) in [6, 6.07) is 9.05. The van der Waals surface area contributed by atoms with Crippen molar-refractivity contribution in [3.63, 3.8) is 0 Å². The molecule has 0 fully saturated rings. The van der Waals surface area contributed by atoms with Crippen LogP contribution in [0.3, 0.4) is 0 Å². The second-order valence-electron chi connectivity index (χ2n) is 6.61. The molecule has 6 nitrogen and oxygen atoms in total. The number of nitrogens with one attached hydrogen (secondary N) is 1. The van der Waals surface area contributed by atoms with Crippen LogP contribution in [0.25, 0.3) is 0 Å². The Balaban J connectivity index is 1.68. The summed E-state index contributed by atoms with van der Waals surface area (Å²) in [4.78, 5) is 17.4. The van der Waals surface area contributed by atoms with Crippen LogP contribution in [0.2, 0.25) is 0 Å². The second-order valence-corrected chi connectivity index (χ2v) is 9.67. The number of amides is 1. The lowest BCUT2D eigenvalue weighted by molar-refractivity contribution is 0.102. The number of sulfonamides is 1. The number of carbonyl (C=O) groups excluding carboxylic acids is 1. The minimum absolute atomic E-state index is 0.116. The standard InChI is InChI=1S/C21H21F2N3O3S2/c1-3-26(4-2)31(28,29)18-9-6-14(7-10-18)20(27)25-21-24-13-17(30-21)11-15-5-8-16(22)12-19(15)23/h5-10,12-13H,3-4,11H2,1-2H3,(H,24,25,27). The van der Waals surface area contributed by atoms with Crippen molar-refractivity contribution < 1.29 is 22.0 Å². The Morgan fingerprint density at radius 3 is 2.39 bits per heavy atom. The predicted molar refractivity (Wildman–Crippen MR) is 116 cm³/mol. The Bertz CT molecular complexity index is 1170. The summed E-state index contributed by atoms with van der Waals surface area (Å²) in [6.45, 7) is 4.23. The van der Waals surface area contributed by atoms with Gasteiger partial charge in [0.25, 0.3) is 5.91 Å². The van der Waals surface area contributed by atoms with E-state index in [1.54, 1.807) is 13.8 Å². The topological polar surface area (TPSA) is 79.4 Å². The molecule has 1 heterocycles. The van der Waals surface area contributed by atoms with Gasteiger partial charge in [0.1, 0.15) is 11.6 Å². The predicted octanol–water partition coefficient (Wildman–Crippen LogP) is 4.29. The summed E-state index contributed by atoms with van der Waals surface area (Å²) in [7, 11) is -3.60. The summed E-state index contributed by atoms with van der Waals surface area (Å²) < 4.78 is 53.2. The summed E-state index contributed by atoms with van der Waals surface area (Å²) in [6.07, 6.45) is 1.74. The van der Waals surface area contributed by atoms with Crippen LogP contribution < -0.4 is 5.32 Å². The van der Waals surface area contributed by atoms with E-state index >= 15 is 0 Å². The summed E-state index contributed by atoms with van der Waals surface area (Å²) in [5, 5.41) is 2.97. The maximum Gasteiger partial charge on any atom is 0.257 e. The molecule has 3 aromatic rings. The van der Waals surface area contributed by atoms with Gasteiger partial charge in [-0.15, -0.1) is 11.3 Å². The molecule has 0 atom stereocenters. The first-order valence-electron chi connectivity index (χ1n) is 9.54. The average molecular weight is 466 g/mol. The van der Waals surface area contributed by atoms with Crippen molar-refractivity contribution in [2.75, 3.05) is 18.4 Å². The van der Waals surface area contributed by atoms with Crippen LogP contribution in [0, 0.1) is 11.6 Å². The van der Waals surface area contributed by atoms with E-state index in [9.17, 15) is 22.0 Å². The van der Waals surface area contributed by atoms with Crippen molar-refractivity contribution in [3.05, 3.63) is 76.3 Å². The molecule has 0 spiro atoms. The van der Waals surface area contributed by atoms with E-state index in [2.05, 4.69) is 10.3 Å². The Morgan fingerprint density at radius 1 is 1.10 bits per heavy atom. The highest BCUT2D eigenvalue weighted by atomic mass is 32.2. The fraction of sp³-hybridized carbons (Fsp3) is 0.238. The third-order valence-corrected chi connectivity index (χ3v) is 7.59. The maximum absolute atomic E-state index is 13.8. The first-order chi connectivity index (χ1) is 14.7. The molecular weight excluding hydrogens is 444 g/mol. The number of nitrogens with zero attached hydrogens (tertiary/aromatic N) is 2. The summed E-state index contributed by atoms with van der Waals surface area (Å²) in [5.74, 6) is -1.73. The largest absolute Gasteiger partial charge is 0.298 e. The van der Waals surface area contributed by atoms with E-state index in [1.807, 2.05) is 0 Å². The van der Waals surface area contributed by atoms with E-state index < -0.39 is 27.6 Å². The molecule has 0 saturated carbocycles. The van der Waals surface area contributed by atoms with Gasteiger partial charge in [-0.25, -0.2) is 22.2 Å². The number of thiazole rings is 1. The van der Waals surface area contributed by atoms with Gasteiger partial charge < -0.3 is 0 Å². The smallest absolute Gasteiger partial charge is 0.257 e. The van der Waals surface area contributed by atoms with Crippen molar-refractivity contribution in [2.45, 2.75) is 25.2 Å². The average Bonchev–Trinajstić information content (AvgIpc) is 3.17. The summed E-state index contributed by atoms with van der Waals surface area (Å²) >= 11 is 1.17. The normalized spacial score (nSPS) is 11.6. The Labute approximate surface area is 183 Å². The van der Waals surface area contributed by atoms with E-state index in [0.29, 0.717) is 28.7 Å². The van der Waals surface area contributed by atoms with Crippen molar-refractivity contribution in [1.82, 2.24) is 9.29 Å². The Kier molecular flexibility index (Phi) is 7.14. The van der Waals surface area contributed by atoms with E-state index in [-0.39, 0.29) is 16.9 Å². The highest BCUT2D eigenvalue weighted by Gasteiger charge is 2.21. The van der Waals surface area contributed by atoms with Gasteiger partial charge in [0.05, 0.1) is 4.90 Å². The molecule has 31 heavy (non-hydrogen) atoms. The highest BCUT2D eigenvalue weighted by molar-refractivity contribution is 7.89. The first kappa shape index (κ1) is 23.0. The van der Waals surface area contributed by atoms with Gasteiger partial charge in [-0.1, -0.05) is 19.9 Å². The van der Waals surface area contributed by atoms with Crippen LogP contribution in [0.1, 0.15) is 34.6 Å². The van der Waals surface area contributed by atoms with Gasteiger partial charge in [-0.2, -0.15) is 4.31 Å². The number of benzene rings is 2. The van der Waals surface area contributed by atoms with Gasteiger partial charge >= 0.3 is 0 Å². The molecule has 164 valence electrons. The fourth-order valence-electron chi connectivity index (χ4n) is 2.96. The number of hydrogen-bond acceptors (Lipinski definition) is 5. The highest BCUT2D eigenvalue weighted by Crippen LogP contribution is 2.24. The number of hydrogen-bond donors (Lipinski definition) is 1. The lowest BCUT2D eigenvalue weighted by Gasteiger charge is -2.18. The van der Waals surface area contributed by atoms with Crippen molar-refractivity contribution in [3.8, 4) is 0 Å². The molecule has 3 rings (SSSR count). The van der Waals surface area contributed by atoms with Crippen LogP contribution in [0.5, 0.6) is 0 Å². The second kappa shape index (κ2) is 9.63. The monoisotopic (exact) mass is 465 g/mol. The molecule has 1 amide bonds.